The van der Waals surface area contributed by atoms with Gasteiger partial charge in [0.2, 0.25) is 0 Å². The second kappa shape index (κ2) is 8.65. The monoisotopic (exact) mass is 413 g/mol. The molecule has 1 aromatic carbocycles. The third-order valence-electron chi connectivity index (χ3n) is 5.14. The average molecular weight is 413 g/mol. The summed E-state index contributed by atoms with van der Waals surface area (Å²) in [5.74, 6) is -0.710. The van der Waals surface area contributed by atoms with Crippen molar-refractivity contribution in [2.24, 2.45) is 5.92 Å². The molecular formula is C21H23N3O4S. The van der Waals surface area contributed by atoms with Gasteiger partial charge in [0.15, 0.2) is 12.2 Å². The number of piperidine rings is 1. The lowest BCUT2D eigenvalue weighted by atomic mass is 9.97. The van der Waals surface area contributed by atoms with Crippen LogP contribution in [0, 0.1) is 5.92 Å². The highest BCUT2D eigenvalue weighted by molar-refractivity contribution is 7.07. The lowest BCUT2D eigenvalue weighted by Crippen LogP contribution is -2.38. The molecule has 0 aliphatic carbocycles. The van der Waals surface area contributed by atoms with E-state index < -0.39 is 0 Å². The highest BCUT2D eigenvalue weighted by Crippen LogP contribution is 2.26. The van der Waals surface area contributed by atoms with E-state index >= 15 is 0 Å². The number of hydrogen-bond donors (Lipinski definition) is 0. The topological polar surface area (TPSA) is 75.9 Å². The van der Waals surface area contributed by atoms with Gasteiger partial charge in [-0.2, -0.15) is 16.3 Å². The van der Waals surface area contributed by atoms with Gasteiger partial charge < -0.3 is 19.0 Å². The van der Waals surface area contributed by atoms with E-state index in [1.807, 2.05) is 46.0 Å². The Labute approximate surface area is 172 Å². The molecule has 152 valence electrons. The Hall–Kier alpha value is -2.87. The van der Waals surface area contributed by atoms with Crippen LogP contribution in [0.1, 0.15) is 18.4 Å². The van der Waals surface area contributed by atoms with Gasteiger partial charge in [0.1, 0.15) is 5.52 Å². The van der Waals surface area contributed by atoms with Gasteiger partial charge in [0.05, 0.1) is 5.92 Å². The zero-order valence-electron chi connectivity index (χ0n) is 16.2. The predicted octanol–water partition coefficient (Wildman–Crippen LogP) is 3.31. The lowest BCUT2D eigenvalue weighted by molar-refractivity contribution is -0.155. The molecule has 0 atom stereocenters. The van der Waals surface area contributed by atoms with Crippen molar-refractivity contribution in [3.63, 3.8) is 0 Å². The Balaban J connectivity index is 1.24. The van der Waals surface area contributed by atoms with Crippen LogP contribution in [0.25, 0.3) is 11.1 Å². The van der Waals surface area contributed by atoms with Gasteiger partial charge in [0.25, 0.3) is 11.9 Å². The minimum absolute atomic E-state index is 0.200. The number of para-hydroxylation sites is 2. The molecule has 1 amide bonds. The maximum absolute atomic E-state index is 12.4. The first-order valence-corrected chi connectivity index (χ1v) is 10.6. The summed E-state index contributed by atoms with van der Waals surface area (Å²) in [5.41, 5.74) is 2.66. The summed E-state index contributed by atoms with van der Waals surface area (Å²) < 4.78 is 11.1. The van der Waals surface area contributed by atoms with E-state index in [1.54, 1.807) is 23.3 Å². The Morgan fingerprint density at radius 2 is 2.07 bits per heavy atom. The molecule has 4 rings (SSSR count). The molecule has 0 bridgehead atoms. The van der Waals surface area contributed by atoms with Gasteiger partial charge in [-0.1, -0.05) is 12.1 Å². The third-order valence-corrected chi connectivity index (χ3v) is 5.88. The summed E-state index contributed by atoms with van der Waals surface area (Å²) in [4.78, 5) is 32.7. The summed E-state index contributed by atoms with van der Waals surface area (Å²) in [7, 11) is 1.71. The number of aromatic nitrogens is 1. The Bertz CT molecular complexity index is 944. The number of benzene rings is 1. The first-order chi connectivity index (χ1) is 14.1. The maximum atomic E-state index is 12.4. The van der Waals surface area contributed by atoms with Crippen LogP contribution >= 0.6 is 11.3 Å². The van der Waals surface area contributed by atoms with E-state index in [4.69, 9.17) is 9.15 Å². The van der Waals surface area contributed by atoms with Crippen LogP contribution in [0.5, 0.6) is 0 Å². The molecule has 2 aromatic heterocycles. The van der Waals surface area contributed by atoms with Crippen molar-refractivity contribution in [1.29, 1.82) is 0 Å². The van der Waals surface area contributed by atoms with Crippen molar-refractivity contribution in [2.75, 3.05) is 31.6 Å². The van der Waals surface area contributed by atoms with E-state index in [9.17, 15) is 9.59 Å². The van der Waals surface area contributed by atoms with Crippen LogP contribution in [0.2, 0.25) is 0 Å². The summed E-state index contributed by atoms with van der Waals surface area (Å²) >= 11 is 1.59. The van der Waals surface area contributed by atoms with Gasteiger partial charge in [-0.15, -0.1) is 0 Å². The van der Waals surface area contributed by atoms with Gasteiger partial charge in [-0.3, -0.25) is 9.59 Å². The van der Waals surface area contributed by atoms with E-state index in [1.165, 1.54) is 0 Å². The third kappa shape index (κ3) is 4.59. The summed E-state index contributed by atoms with van der Waals surface area (Å²) in [5, 5.41) is 3.97. The van der Waals surface area contributed by atoms with Crippen LogP contribution in [-0.4, -0.2) is 48.5 Å². The molecular weight excluding hydrogens is 390 g/mol. The minimum Gasteiger partial charge on any atom is -0.455 e. The number of thiophene rings is 1. The molecule has 1 aliphatic rings. The number of carbonyl (C=O) groups excluding carboxylic acids is 2. The normalized spacial score (nSPS) is 14.9. The average Bonchev–Trinajstić information content (AvgIpc) is 3.41. The summed E-state index contributed by atoms with van der Waals surface area (Å²) in [6.45, 7) is 1.63. The van der Waals surface area contributed by atoms with Crippen molar-refractivity contribution in [2.45, 2.75) is 19.4 Å². The fraction of sp³-hybridized carbons (Fsp3) is 0.381. The van der Waals surface area contributed by atoms with Gasteiger partial charge >= 0.3 is 5.97 Å². The smallest absolute Gasteiger partial charge is 0.309 e. The van der Waals surface area contributed by atoms with Crippen molar-refractivity contribution >= 4 is 40.3 Å². The number of fused-ring (bicyclic) bond motifs is 1. The largest absolute Gasteiger partial charge is 0.455 e. The summed E-state index contributed by atoms with van der Waals surface area (Å²) in [6.07, 6.45) is 1.30. The van der Waals surface area contributed by atoms with Crippen LogP contribution in [0.4, 0.5) is 6.01 Å². The Morgan fingerprint density at radius 3 is 2.79 bits per heavy atom. The number of amides is 1. The second-order valence-electron chi connectivity index (χ2n) is 7.21. The zero-order chi connectivity index (χ0) is 20.2. The molecule has 0 unspecified atom stereocenters. The molecule has 0 saturated carbocycles. The van der Waals surface area contributed by atoms with Gasteiger partial charge in [0, 0.05) is 26.7 Å². The lowest BCUT2D eigenvalue weighted by Gasteiger charge is -2.29. The van der Waals surface area contributed by atoms with Gasteiger partial charge in [-0.25, -0.2) is 0 Å². The highest BCUT2D eigenvalue weighted by atomic mass is 32.1. The fourth-order valence-electron chi connectivity index (χ4n) is 3.41. The number of hydrogen-bond acceptors (Lipinski definition) is 7. The van der Waals surface area contributed by atoms with Crippen molar-refractivity contribution in [3.05, 3.63) is 46.7 Å². The first-order valence-electron chi connectivity index (χ1n) is 9.62. The molecule has 1 fully saturated rings. The molecule has 3 heterocycles. The molecule has 7 nitrogen and oxygen atoms in total. The number of anilines is 1. The zero-order valence-corrected chi connectivity index (χ0v) is 17.1. The predicted molar refractivity (Wildman–Crippen MR) is 111 cm³/mol. The maximum Gasteiger partial charge on any atom is 0.309 e. The van der Waals surface area contributed by atoms with E-state index in [0.717, 1.165) is 16.7 Å². The van der Waals surface area contributed by atoms with Gasteiger partial charge in [-0.05, 0) is 47.4 Å². The standard InChI is InChI=1S/C21H23N3O4S/c1-23(12-15-8-11-29-14-15)19(25)13-27-20(26)16-6-9-24(10-7-16)21-22-17-4-2-3-5-18(17)28-21/h2-5,8,11,14,16H,6-7,9-10,12-13H2,1H3. The van der Waals surface area contributed by atoms with E-state index in [2.05, 4.69) is 4.98 Å². The minimum atomic E-state index is -0.306. The van der Waals surface area contributed by atoms with Crippen molar-refractivity contribution < 1.29 is 18.7 Å². The van der Waals surface area contributed by atoms with E-state index in [-0.39, 0.29) is 24.4 Å². The van der Waals surface area contributed by atoms with Crippen LogP contribution in [0.15, 0.2) is 45.5 Å². The van der Waals surface area contributed by atoms with Crippen LogP contribution in [0.3, 0.4) is 0 Å². The Kier molecular flexibility index (Phi) is 5.80. The quantitative estimate of drug-likeness (QED) is 0.577. The number of carbonyl (C=O) groups is 2. The molecule has 0 spiro atoms. The van der Waals surface area contributed by atoms with Crippen molar-refractivity contribution in [1.82, 2.24) is 9.88 Å². The molecule has 1 saturated heterocycles. The molecule has 0 radical (unpaired) electrons. The van der Waals surface area contributed by atoms with E-state index in [0.29, 0.717) is 38.5 Å². The molecule has 29 heavy (non-hydrogen) atoms. The number of oxazole rings is 1. The van der Waals surface area contributed by atoms with Crippen molar-refractivity contribution in [3.8, 4) is 0 Å². The van der Waals surface area contributed by atoms with Crippen LogP contribution < -0.4 is 4.90 Å². The number of likely N-dealkylation sites (N-methyl/N-ethyl adjacent to an activating group) is 1. The second-order valence-corrected chi connectivity index (χ2v) is 7.99. The molecule has 8 heteroatoms. The van der Waals surface area contributed by atoms with Crippen LogP contribution in [-0.2, 0) is 20.9 Å². The first kappa shape index (κ1) is 19.4. The molecule has 0 N–H and O–H groups in total. The molecule has 3 aromatic rings. The number of nitrogens with zero attached hydrogens (tertiary/aromatic N) is 3. The number of esters is 1. The number of ether oxygens (including phenoxy) is 1. The summed E-state index contributed by atoms with van der Waals surface area (Å²) in [6, 6.07) is 10.2. The fourth-order valence-corrected chi connectivity index (χ4v) is 4.07. The number of rotatable bonds is 6. The highest BCUT2D eigenvalue weighted by Gasteiger charge is 2.29. The SMILES string of the molecule is CN(Cc1ccsc1)C(=O)COC(=O)C1CCN(c2nc3ccccc3o2)CC1. The Morgan fingerprint density at radius 1 is 1.28 bits per heavy atom. The molecule has 1 aliphatic heterocycles.